The van der Waals surface area contributed by atoms with E-state index in [1.165, 1.54) is 0 Å². The first kappa shape index (κ1) is 13.8. The molecule has 0 aromatic rings. The van der Waals surface area contributed by atoms with Crippen LogP contribution in [0, 0.1) is 5.41 Å². The van der Waals surface area contributed by atoms with Crippen LogP contribution >= 0.6 is 7.82 Å². The van der Waals surface area contributed by atoms with Crippen molar-refractivity contribution in [1.82, 2.24) is 0 Å². The lowest BCUT2D eigenvalue weighted by atomic mass is 9.88. The summed E-state index contributed by atoms with van der Waals surface area (Å²) in [5.74, 6) is 0.0619. The maximum absolute atomic E-state index is 11.3. The second-order valence-electron chi connectivity index (χ2n) is 4.10. The predicted molar refractivity (Wildman–Crippen MR) is 51.7 cm³/mol. The molecular weight excluding hydrogens is 207 g/mol. The second kappa shape index (κ2) is 5.03. The summed E-state index contributed by atoms with van der Waals surface area (Å²) in [6.45, 7) is 5.32. The molecule has 0 bridgehead atoms. The Morgan fingerprint density at radius 2 is 1.86 bits per heavy atom. The normalized spacial score (nSPS) is 12.9. The fourth-order valence-corrected chi connectivity index (χ4v) is 1.16. The van der Waals surface area contributed by atoms with Crippen molar-refractivity contribution in [3.63, 3.8) is 0 Å². The maximum atomic E-state index is 11.3. The summed E-state index contributed by atoms with van der Waals surface area (Å²) < 4.78 is 14.5. The Balaban J connectivity index is 3.67. The highest BCUT2D eigenvalue weighted by Crippen LogP contribution is 2.35. The zero-order valence-electron chi connectivity index (χ0n) is 8.69. The van der Waals surface area contributed by atoms with Crippen molar-refractivity contribution in [2.24, 2.45) is 5.41 Å². The third-order valence-corrected chi connectivity index (χ3v) is 2.16. The number of phosphoric ester groups is 1. The number of carbonyl (C=O) groups is 1. The van der Waals surface area contributed by atoms with Crippen molar-refractivity contribution in [3.8, 4) is 0 Å². The average molecular weight is 224 g/mol. The Morgan fingerprint density at radius 3 is 2.21 bits per heavy atom. The number of hydrogen-bond acceptors (Lipinski definition) is 3. The van der Waals surface area contributed by atoms with Gasteiger partial charge in [0.25, 0.3) is 0 Å². The number of rotatable bonds is 5. The molecule has 5 nitrogen and oxygen atoms in total. The minimum atomic E-state index is -4.38. The van der Waals surface area contributed by atoms with Gasteiger partial charge in [0.05, 0.1) is 6.61 Å². The van der Waals surface area contributed by atoms with E-state index < -0.39 is 13.2 Å². The minimum Gasteiger partial charge on any atom is -0.303 e. The molecule has 6 heteroatoms. The molecule has 0 unspecified atom stereocenters. The molecule has 0 amide bonds. The lowest BCUT2D eigenvalue weighted by molar-refractivity contribution is -0.126. The Morgan fingerprint density at radius 1 is 1.36 bits per heavy atom. The fourth-order valence-electron chi connectivity index (χ4n) is 0.791. The molecule has 0 aliphatic carbocycles. The molecule has 0 saturated heterocycles. The number of Topliss-reactive ketones (excluding diaryl/α,β-unsaturated/α-hetero) is 1. The molecule has 0 saturated carbocycles. The van der Waals surface area contributed by atoms with Crippen molar-refractivity contribution in [2.75, 3.05) is 6.61 Å². The highest BCUT2D eigenvalue weighted by Gasteiger charge is 2.21. The summed E-state index contributed by atoms with van der Waals surface area (Å²) in [6, 6.07) is 0. The summed E-state index contributed by atoms with van der Waals surface area (Å²) >= 11 is 0. The Bertz CT molecular complexity index is 237. The molecule has 0 fully saturated rings. The van der Waals surface area contributed by atoms with Crippen LogP contribution in [0.3, 0.4) is 0 Å². The number of ketones is 1. The van der Waals surface area contributed by atoms with Gasteiger partial charge in [0.2, 0.25) is 0 Å². The Kier molecular flexibility index (Phi) is 4.95. The fraction of sp³-hybridized carbons (Fsp3) is 0.875. The van der Waals surface area contributed by atoms with Gasteiger partial charge in [-0.1, -0.05) is 20.8 Å². The van der Waals surface area contributed by atoms with Crippen LogP contribution < -0.4 is 0 Å². The SMILES string of the molecule is CC(C)(C)C(=O)CCCOP(=O)(O)O. The van der Waals surface area contributed by atoms with Crippen molar-refractivity contribution in [2.45, 2.75) is 33.6 Å². The van der Waals surface area contributed by atoms with Gasteiger partial charge in [0.1, 0.15) is 5.78 Å². The van der Waals surface area contributed by atoms with Gasteiger partial charge in [0.15, 0.2) is 0 Å². The van der Waals surface area contributed by atoms with E-state index in [4.69, 9.17) is 9.79 Å². The van der Waals surface area contributed by atoms with Crippen LogP contribution in [-0.4, -0.2) is 22.2 Å². The molecule has 0 radical (unpaired) electrons. The quantitative estimate of drug-likeness (QED) is 0.546. The molecule has 0 rings (SSSR count). The van der Waals surface area contributed by atoms with Crippen LogP contribution in [-0.2, 0) is 13.9 Å². The van der Waals surface area contributed by atoms with Crippen LogP contribution in [0.5, 0.6) is 0 Å². The highest BCUT2D eigenvalue weighted by molar-refractivity contribution is 7.46. The van der Waals surface area contributed by atoms with E-state index in [0.717, 1.165) is 0 Å². The summed E-state index contributed by atoms with van der Waals surface area (Å²) in [7, 11) is -4.38. The predicted octanol–water partition coefficient (Wildman–Crippen LogP) is 1.49. The van der Waals surface area contributed by atoms with Gasteiger partial charge in [-0.05, 0) is 6.42 Å². The van der Waals surface area contributed by atoms with E-state index >= 15 is 0 Å². The van der Waals surface area contributed by atoms with Crippen LogP contribution in [0.25, 0.3) is 0 Å². The molecule has 14 heavy (non-hydrogen) atoms. The van der Waals surface area contributed by atoms with Crippen molar-refractivity contribution in [3.05, 3.63) is 0 Å². The van der Waals surface area contributed by atoms with Crippen LogP contribution in [0.4, 0.5) is 0 Å². The Labute approximate surface area is 83.7 Å². The van der Waals surface area contributed by atoms with E-state index in [1.54, 1.807) is 20.8 Å². The molecule has 0 aliphatic heterocycles. The van der Waals surface area contributed by atoms with Gasteiger partial charge < -0.3 is 9.79 Å². The van der Waals surface area contributed by atoms with Gasteiger partial charge in [-0.25, -0.2) is 4.57 Å². The zero-order chi connectivity index (χ0) is 11.4. The van der Waals surface area contributed by atoms with Crippen molar-refractivity contribution in [1.29, 1.82) is 0 Å². The molecule has 0 spiro atoms. The number of carbonyl (C=O) groups excluding carboxylic acids is 1. The largest absolute Gasteiger partial charge is 0.469 e. The average Bonchev–Trinajstić information content (AvgIpc) is 1.93. The summed E-state index contributed by atoms with van der Waals surface area (Å²) in [5.41, 5.74) is -0.401. The molecule has 2 N–H and O–H groups in total. The van der Waals surface area contributed by atoms with Crippen molar-refractivity contribution < 1.29 is 23.7 Å². The van der Waals surface area contributed by atoms with Crippen LogP contribution in [0.15, 0.2) is 0 Å². The number of hydrogen-bond donors (Lipinski definition) is 2. The smallest absolute Gasteiger partial charge is 0.303 e. The van der Waals surface area contributed by atoms with Crippen LogP contribution in [0.2, 0.25) is 0 Å². The number of phosphoric acid groups is 1. The molecule has 0 aromatic carbocycles. The van der Waals surface area contributed by atoms with E-state index in [0.29, 0.717) is 6.42 Å². The summed E-state index contributed by atoms with van der Waals surface area (Å²) in [4.78, 5) is 28.0. The minimum absolute atomic E-state index is 0.0619. The van der Waals surface area contributed by atoms with E-state index in [2.05, 4.69) is 4.52 Å². The summed E-state index contributed by atoms with van der Waals surface area (Å²) in [6.07, 6.45) is 0.616. The standard InChI is InChI=1S/C8H17O5P/c1-8(2,3)7(9)5-4-6-13-14(10,11)12/h4-6H2,1-3H3,(H2,10,11,12). The molecule has 0 heterocycles. The maximum Gasteiger partial charge on any atom is 0.469 e. The van der Waals surface area contributed by atoms with Gasteiger partial charge in [-0.15, -0.1) is 0 Å². The Hall–Kier alpha value is -0.220. The third kappa shape index (κ3) is 7.21. The molecular formula is C8H17O5P. The first-order valence-corrected chi connectivity index (χ1v) is 5.89. The first-order chi connectivity index (χ1) is 6.13. The first-order valence-electron chi connectivity index (χ1n) is 4.36. The topological polar surface area (TPSA) is 83.8 Å². The summed E-state index contributed by atoms with van der Waals surface area (Å²) in [5, 5.41) is 0. The lowest BCUT2D eigenvalue weighted by Crippen LogP contribution is -2.20. The van der Waals surface area contributed by atoms with E-state index in [-0.39, 0.29) is 18.8 Å². The monoisotopic (exact) mass is 224 g/mol. The molecule has 84 valence electrons. The van der Waals surface area contributed by atoms with Crippen LogP contribution in [0.1, 0.15) is 33.6 Å². The molecule has 0 aliphatic rings. The van der Waals surface area contributed by atoms with Gasteiger partial charge in [0, 0.05) is 11.8 Å². The van der Waals surface area contributed by atoms with E-state index in [1.807, 2.05) is 0 Å². The van der Waals surface area contributed by atoms with Gasteiger partial charge in [-0.3, -0.25) is 9.32 Å². The van der Waals surface area contributed by atoms with Gasteiger partial charge >= 0.3 is 7.82 Å². The second-order valence-corrected chi connectivity index (χ2v) is 5.34. The third-order valence-electron chi connectivity index (χ3n) is 1.64. The van der Waals surface area contributed by atoms with Gasteiger partial charge in [-0.2, -0.15) is 0 Å². The van der Waals surface area contributed by atoms with E-state index in [9.17, 15) is 9.36 Å². The molecule has 0 atom stereocenters. The molecule has 0 aromatic heterocycles. The highest BCUT2D eigenvalue weighted by atomic mass is 31.2. The van der Waals surface area contributed by atoms with Crippen molar-refractivity contribution >= 4 is 13.6 Å². The lowest BCUT2D eigenvalue weighted by Gasteiger charge is -2.16. The zero-order valence-corrected chi connectivity index (χ0v) is 9.58.